The number of anilines is 1. The lowest BCUT2D eigenvalue weighted by atomic mass is 10.1. The molecule has 0 radical (unpaired) electrons. The highest BCUT2D eigenvalue weighted by Gasteiger charge is 2.58. The highest BCUT2D eigenvalue weighted by Crippen LogP contribution is 2.57. The van der Waals surface area contributed by atoms with Gasteiger partial charge in [-0.1, -0.05) is 12.1 Å². The monoisotopic (exact) mass is 407 g/mol. The van der Waals surface area contributed by atoms with E-state index in [-0.39, 0.29) is 29.8 Å². The zero-order valence-electron chi connectivity index (χ0n) is 16.1. The van der Waals surface area contributed by atoms with E-state index >= 15 is 0 Å². The van der Waals surface area contributed by atoms with E-state index in [1.807, 2.05) is 6.92 Å². The Morgan fingerprint density at radius 3 is 2.90 bits per heavy atom. The topological polar surface area (TPSA) is 102 Å². The lowest BCUT2D eigenvalue weighted by molar-refractivity contribution is 0.363. The summed E-state index contributed by atoms with van der Waals surface area (Å²) in [5.41, 5.74) is 0.464. The van der Waals surface area contributed by atoms with Crippen LogP contribution in [0, 0.1) is 17.7 Å². The van der Waals surface area contributed by atoms with Crippen LogP contribution in [0.4, 0.5) is 16.0 Å². The third-order valence-corrected chi connectivity index (χ3v) is 6.24. The minimum absolute atomic E-state index is 0.0490. The summed E-state index contributed by atoms with van der Waals surface area (Å²) in [5, 5.41) is 4.15. The van der Waals surface area contributed by atoms with E-state index in [0.29, 0.717) is 40.8 Å². The molecule has 4 atom stereocenters. The number of aromatic nitrogens is 5. The number of hydrogen-bond donors (Lipinski definition) is 0. The maximum absolute atomic E-state index is 13.4. The van der Waals surface area contributed by atoms with Gasteiger partial charge in [0.15, 0.2) is 11.6 Å². The van der Waals surface area contributed by atoms with Gasteiger partial charge in [0.05, 0.1) is 5.56 Å². The van der Waals surface area contributed by atoms with Crippen LogP contribution in [-0.4, -0.2) is 44.0 Å². The summed E-state index contributed by atoms with van der Waals surface area (Å²) < 4.78 is 20.3. The van der Waals surface area contributed by atoms with Gasteiger partial charge < -0.3 is 9.42 Å². The van der Waals surface area contributed by atoms with Crippen LogP contribution in [0.15, 0.2) is 39.0 Å². The van der Waals surface area contributed by atoms with E-state index in [1.165, 1.54) is 29.2 Å². The number of piperidine rings is 1. The Balaban J connectivity index is 1.15. The van der Waals surface area contributed by atoms with Gasteiger partial charge in [0.1, 0.15) is 24.5 Å². The molecular formula is C20H18FN7O2. The molecule has 10 heteroatoms. The fraction of sp³-hybridized carbons (Fsp3) is 0.400. The standard InChI is InChI=1S/C20H18FN7O2/c1-10-5-23-18-16(10)20(29)28(9-24-18)8-15-25-19(26-30-15)17-12-6-27(7-13(12)17)14-4-11(21)2-3-22-14/h2-5,9-10,12-13,17H,6-8H2,1H3/t10?,12-,13+,17?. The summed E-state index contributed by atoms with van der Waals surface area (Å²) in [4.78, 5) is 32.0. The van der Waals surface area contributed by atoms with E-state index < -0.39 is 0 Å². The van der Waals surface area contributed by atoms with Crippen LogP contribution in [0.2, 0.25) is 0 Å². The summed E-state index contributed by atoms with van der Waals surface area (Å²) >= 11 is 0. The van der Waals surface area contributed by atoms with Crippen LogP contribution in [-0.2, 0) is 6.54 Å². The van der Waals surface area contributed by atoms with Gasteiger partial charge in [-0.15, -0.1) is 0 Å². The number of fused-ring (bicyclic) bond motifs is 2. The second-order valence-corrected chi connectivity index (χ2v) is 8.12. The summed E-state index contributed by atoms with van der Waals surface area (Å²) in [6.07, 6.45) is 4.68. The molecule has 3 aromatic heterocycles. The minimum atomic E-state index is -0.280. The average molecular weight is 407 g/mol. The predicted molar refractivity (Wildman–Crippen MR) is 105 cm³/mol. The Hall–Kier alpha value is -3.43. The molecule has 3 aromatic rings. The van der Waals surface area contributed by atoms with Gasteiger partial charge in [-0.2, -0.15) is 4.98 Å². The van der Waals surface area contributed by atoms with Crippen LogP contribution >= 0.6 is 0 Å². The third kappa shape index (κ3) is 2.66. The maximum atomic E-state index is 13.4. The van der Waals surface area contributed by atoms with Crippen molar-refractivity contribution in [1.82, 2.24) is 24.7 Å². The number of halogens is 1. The molecule has 0 amide bonds. The third-order valence-electron chi connectivity index (χ3n) is 6.24. The molecule has 30 heavy (non-hydrogen) atoms. The normalized spacial score (nSPS) is 26.1. The molecule has 0 spiro atoms. The number of pyridine rings is 1. The Kier molecular flexibility index (Phi) is 3.65. The van der Waals surface area contributed by atoms with Gasteiger partial charge in [0.25, 0.3) is 5.56 Å². The van der Waals surface area contributed by atoms with Crippen LogP contribution < -0.4 is 10.5 Å². The van der Waals surface area contributed by atoms with Gasteiger partial charge in [0.2, 0.25) is 5.89 Å². The molecule has 1 saturated heterocycles. The van der Waals surface area contributed by atoms with Crippen molar-refractivity contribution in [2.75, 3.05) is 18.0 Å². The Morgan fingerprint density at radius 2 is 2.10 bits per heavy atom. The van der Waals surface area contributed by atoms with E-state index in [1.54, 1.807) is 6.21 Å². The van der Waals surface area contributed by atoms with Crippen LogP contribution in [0.3, 0.4) is 0 Å². The zero-order valence-corrected chi connectivity index (χ0v) is 16.1. The van der Waals surface area contributed by atoms with Crippen LogP contribution in [0.25, 0.3) is 0 Å². The van der Waals surface area contributed by atoms with Gasteiger partial charge in [-0.3, -0.25) is 9.36 Å². The summed E-state index contributed by atoms with van der Waals surface area (Å²) in [6.45, 7) is 3.69. The molecule has 3 aliphatic rings. The Bertz CT molecular complexity index is 1220. The number of nitrogens with zero attached hydrogens (tertiary/aromatic N) is 7. The first kappa shape index (κ1) is 17.4. The highest BCUT2D eigenvalue weighted by molar-refractivity contribution is 5.77. The van der Waals surface area contributed by atoms with E-state index in [0.717, 1.165) is 13.1 Å². The molecule has 5 heterocycles. The van der Waals surface area contributed by atoms with Crippen molar-refractivity contribution in [3.8, 4) is 0 Å². The molecule has 0 bridgehead atoms. The van der Waals surface area contributed by atoms with E-state index in [4.69, 9.17) is 4.52 Å². The number of hydrogen-bond acceptors (Lipinski definition) is 8. The summed E-state index contributed by atoms with van der Waals surface area (Å²) in [5.74, 6) is 2.92. The highest BCUT2D eigenvalue weighted by atomic mass is 19.1. The molecule has 2 unspecified atom stereocenters. The molecule has 2 fully saturated rings. The molecule has 6 rings (SSSR count). The fourth-order valence-corrected chi connectivity index (χ4v) is 4.64. The molecule has 0 N–H and O–H groups in total. The van der Waals surface area contributed by atoms with Crippen molar-refractivity contribution >= 4 is 17.9 Å². The van der Waals surface area contributed by atoms with Crippen molar-refractivity contribution in [3.05, 3.63) is 58.1 Å². The molecular weight excluding hydrogens is 389 g/mol. The van der Waals surface area contributed by atoms with Crippen LogP contribution in [0.5, 0.6) is 0 Å². The summed E-state index contributed by atoms with van der Waals surface area (Å²) in [6, 6.07) is 2.81. The molecule has 152 valence electrons. The van der Waals surface area contributed by atoms with Crippen molar-refractivity contribution in [3.63, 3.8) is 0 Å². The first-order chi connectivity index (χ1) is 14.6. The van der Waals surface area contributed by atoms with Gasteiger partial charge in [-0.25, -0.2) is 19.4 Å². The van der Waals surface area contributed by atoms with Crippen molar-refractivity contribution in [2.45, 2.75) is 25.3 Å². The number of aliphatic imine (C=N–C) groups is 1. The van der Waals surface area contributed by atoms with Crippen molar-refractivity contribution in [2.24, 2.45) is 16.8 Å². The maximum Gasteiger partial charge on any atom is 0.259 e. The SMILES string of the molecule is CC1C=Nc2ncn(Cc3nc(C4[C@H]5CN(c6cc(F)ccn6)C[C@@H]45)no3)c(=O)c21. The quantitative estimate of drug-likeness (QED) is 0.651. The summed E-state index contributed by atoms with van der Waals surface area (Å²) in [7, 11) is 0. The van der Waals surface area contributed by atoms with Gasteiger partial charge in [-0.05, 0) is 17.9 Å². The fourth-order valence-electron chi connectivity index (χ4n) is 4.64. The molecule has 2 aliphatic heterocycles. The largest absolute Gasteiger partial charge is 0.356 e. The van der Waals surface area contributed by atoms with Gasteiger partial charge >= 0.3 is 0 Å². The average Bonchev–Trinajstić information content (AvgIpc) is 3.16. The first-order valence-electron chi connectivity index (χ1n) is 9.91. The van der Waals surface area contributed by atoms with E-state index in [9.17, 15) is 9.18 Å². The second-order valence-electron chi connectivity index (χ2n) is 8.12. The van der Waals surface area contributed by atoms with E-state index in [2.05, 4.69) is 30.0 Å². The van der Waals surface area contributed by atoms with Gasteiger partial charge in [0, 0.05) is 43.4 Å². The lowest BCUT2D eigenvalue weighted by Crippen LogP contribution is -2.25. The molecule has 1 saturated carbocycles. The molecule has 9 nitrogen and oxygen atoms in total. The molecule has 1 aliphatic carbocycles. The predicted octanol–water partition coefficient (Wildman–Crippen LogP) is 1.88. The second kappa shape index (κ2) is 6.28. The van der Waals surface area contributed by atoms with Crippen LogP contribution in [0.1, 0.15) is 36.0 Å². The Morgan fingerprint density at radius 1 is 1.27 bits per heavy atom. The molecule has 0 aromatic carbocycles. The lowest BCUT2D eigenvalue weighted by Gasteiger charge is -2.20. The number of rotatable bonds is 4. The van der Waals surface area contributed by atoms with Crippen molar-refractivity contribution in [1.29, 1.82) is 0 Å². The van der Waals surface area contributed by atoms with Crippen molar-refractivity contribution < 1.29 is 8.91 Å². The smallest absolute Gasteiger partial charge is 0.259 e. The first-order valence-corrected chi connectivity index (χ1v) is 9.91. The Labute approximate surface area is 170 Å². The minimum Gasteiger partial charge on any atom is -0.356 e. The zero-order chi connectivity index (χ0) is 20.4.